The van der Waals surface area contributed by atoms with E-state index in [2.05, 4.69) is 65.5 Å². The fraction of sp³-hybridized carbons (Fsp3) is 0.186. The molecule has 81 heavy (non-hydrogen) atoms. The molecule has 0 bridgehead atoms. The number of thiazole rings is 1. The molecule has 0 spiro atoms. The Labute approximate surface area is 469 Å². The van der Waals surface area contributed by atoms with E-state index in [1.54, 1.807) is 31.2 Å². The maximum Gasteiger partial charge on any atom is 0.296 e. The normalized spacial score (nSPS) is 12.6. The van der Waals surface area contributed by atoms with Gasteiger partial charge in [0.25, 0.3) is 40.5 Å². The average Bonchev–Trinajstić information content (AvgIpc) is 4.22. The van der Waals surface area contributed by atoms with Crippen LogP contribution in [-0.2, 0) is 65.6 Å². The SMILES string of the molecule is CCCc1c(N=Nc2cc3c(O)c(N=Nc4cc(C)c(N=Nc5nc6c(S(=O)(=O)O)cc(SOOO)cc6s5)cc4OCCCS(=O)(=O)O)c(SOOO)cc3cc2S(=O)(=O)O)c(O)n2c(nc3ccccc32)c1C#N.CS(=O)(=O)O. The molecule has 38 heteroatoms. The average molecular weight is 1260 g/mol. The van der Waals surface area contributed by atoms with Gasteiger partial charge in [-0.1, -0.05) is 46.9 Å². The number of aromatic hydroxyl groups is 2. The molecule has 0 aliphatic heterocycles. The number of pyridine rings is 1. The Morgan fingerprint density at radius 1 is 0.765 bits per heavy atom. The smallest absolute Gasteiger partial charge is 0.296 e. The van der Waals surface area contributed by atoms with E-state index in [0.717, 1.165) is 29.5 Å². The zero-order valence-corrected chi connectivity index (χ0v) is 46.8. The third kappa shape index (κ3) is 15.1. The number of aryl methyl sites for hydroxylation is 1. The molecular weight excluding hydrogens is 1220 g/mol. The molecule has 5 aromatic carbocycles. The van der Waals surface area contributed by atoms with Crippen molar-refractivity contribution < 1.29 is 96.1 Å². The van der Waals surface area contributed by atoms with Crippen molar-refractivity contribution >= 4 is 147 Å². The highest BCUT2D eigenvalue weighted by atomic mass is 32.2. The van der Waals surface area contributed by atoms with Gasteiger partial charge in [-0.3, -0.25) is 22.6 Å². The molecule has 0 unspecified atom stereocenters. The highest BCUT2D eigenvalue weighted by Gasteiger charge is 2.26. The summed E-state index contributed by atoms with van der Waals surface area (Å²) in [6.07, 6.45) is 1.15. The Balaban J connectivity index is 0.00000181. The number of aromatic nitrogens is 3. The molecule has 0 amide bonds. The van der Waals surface area contributed by atoms with Crippen molar-refractivity contribution in [3.05, 3.63) is 83.4 Å². The molecule has 0 saturated carbocycles. The predicted molar refractivity (Wildman–Crippen MR) is 287 cm³/mol. The summed E-state index contributed by atoms with van der Waals surface area (Å²) in [7, 11) is -18.0. The van der Waals surface area contributed by atoms with Crippen LogP contribution in [0.25, 0.3) is 37.7 Å². The quantitative estimate of drug-likeness (QED) is 0.00827. The maximum absolute atomic E-state index is 12.9. The van der Waals surface area contributed by atoms with E-state index in [0.29, 0.717) is 41.3 Å². The van der Waals surface area contributed by atoms with Gasteiger partial charge in [-0.2, -0.15) is 38.9 Å². The molecular formula is C43H38N10O21S7. The number of benzene rings is 5. The van der Waals surface area contributed by atoms with E-state index in [1.165, 1.54) is 28.7 Å². The Morgan fingerprint density at radius 2 is 1.42 bits per heavy atom. The van der Waals surface area contributed by atoms with Crippen LogP contribution in [0.2, 0.25) is 0 Å². The number of fused-ring (bicyclic) bond motifs is 5. The summed E-state index contributed by atoms with van der Waals surface area (Å²) in [5.41, 5.74) is 0.266. The Bertz CT molecular complexity index is 4370. The van der Waals surface area contributed by atoms with Gasteiger partial charge in [0.15, 0.2) is 17.1 Å². The van der Waals surface area contributed by atoms with Crippen LogP contribution in [0.3, 0.4) is 0 Å². The van der Waals surface area contributed by atoms with Crippen LogP contribution in [0.15, 0.2) is 117 Å². The number of phenolic OH excluding ortho intramolecular Hbond substituents is 1. The first kappa shape index (κ1) is 61.6. The van der Waals surface area contributed by atoms with Crippen molar-refractivity contribution in [1.29, 1.82) is 5.26 Å². The van der Waals surface area contributed by atoms with Crippen LogP contribution in [0, 0.1) is 18.3 Å². The fourth-order valence-corrected chi connectivity index (χ4v) is 11.3. The molecule has 0 aliphatic rings. The highest BCUT2D eigenvalue weighted by Crippen LogP contribution is 2.48. The summed E-state index contributed by atoms with van der Waals surface area (Å²) in [4.78, 5) is 7.18. The molecule has 0 saturated heterocycles. The molecule has 8 N–H and O–H groups in total. The Hall–Kier alpha value is -7.01. The summed E-state index contributed by atoms with van der Waals surface area (Å²) >= 11 is 1.55. The lowest BCUT2D eigenvalue weighted by Crippen LogP contribution is -2.08. The number of azo groups is 3. The van der Waals surface area contributed by atoms with E-state index in [9.17, 15) is 62.8 Å². The molecule has 0 fully saturated rings. The van der Waals surface area contributed by atoms with E-state index in [4.69, 9.17) is 19.8 Å². The highest BCUT2D eigenvalue weighted by molar-refractivity contribution is 7.95. The lowest BCUT2D eigenvalue weighted by atomic mass is 10.0. The third-order valence-corrected chi connectivity index (χ3v) is 15.3. The second-order valence-corrected chi connectivity index (χ2v) is 24.7. The minimum absolute atomic E-state index is 0.0624. The van der Waals surface area contributed by atoms with Crippen molar-refractivity contribution in [1.82, 2.24) is 14.4 Å². The van der Waals surface area contributed by atoms with Gasteiger partial charge in [-0.15, -0.1) is 39.4 Å². The lowest BCUT2D eigenvalue weighted by molar-refractivity contribution is -0.432. The zero-order valence-electron chi connectivity index (χ0n) is 41.1. The molecule has 8 rings (SSSR count). The van der Waals surface area contributed by atoms with Gasteiger partial charge in [0.05, 0.1) is 69.0 Å². The van der Waals surface area contributed by atoms with Gasteiger partial charge < -0.3 is 14.9 Å². The van der Waals surface area contributed by atoms with Gasteiger partial charge in [0, 0.05) is 21.9 Å². The molecule has 31 nitrogen and oxygen atoms in total. The predicted octanol–water partition coefficient (Wildman–Crippen LogP) is 10.6. The van der Waals surface area contributed by atoms with Crippen molar-refractivity contribution in [2.24, 2.45) is 30.7 Å². The molecule has 428 valence electrons. The first-order chi connectivity index (χ1) is 38.1. The molecule has 3 heterocycles. The first-order valence-electron chi connectivity index (χ1n) is 22.1. The van der Waals surface area contributed by atoms with Gasteiger partial charge >= 0.3 is 0 Å². The van der Waals surface area contributed by atoms with Crippen LogP contribution < -0.4 is 4.74 Å². The number of nitrogens with zero attached hydrogens (tertiary/aromatic N) is 10. The van der Waals surface area contributed by atoms with Crippen molar-refractivity contribution in [2.75, 3.05) is 18.6 Å². The second kappa shape index (κ2) is 25.4. The van der Waals surface area contributed by atoms with Gasteiger partial charge in [0.1, 0.15) is 49.8 Å². The largest absolute Gasteiger partial charge is 0.505 e. The topological polar surface area (TPSA) is 473 Å². The summed E-state index contributed by atoms with van der Waals surface area (Å²) < 4.78 is 145. The van der Waals surface area contributed by atoms with Crippen molar-refractivity contribution in [2.45, 2.75) is 52.7 Å². The number of ether oxygens (including phenoxy) is 1. The Morgan fingerprint density at radius 3 is 2.07 bits per heavy atom. The number of rotatable bonds is 21. The van der Waals surface area contributed by atoms with Crippen LogP contribution in [0.5, 0.6) is 17.4 Å². The third-order valence-electron chi connectivity index (χ3n) is 10.7. The number of nitriles is 1. The lowest BCUT2D eigenvalue weighted by Gasteiger charge is -2.13. The molecule has 0 radical (unpaired) electrons. The minimum atomic E-state index is -5.13. The van der Waals surface area contributed by atoms with Crippen LogP contribution in [0.4, 0.5) is 33.6 Å². The minimum Gasteiger partial charge on any atom is -0.505 e. The van der Waals surface area contributed by atoms with Crippen LogP contribution in [0.1, 0.15) is 36.5 Å². The van der Waals surface area contributed by atoms with Gasteiger partial charge in [-0.05, 0) is 79.2 Å². The van der Waals surface area contributed by atoms with Gasteiger partial charge in [0.2, 0.25) is 11.0 Å². The summed E-state index contributed by atoms with van der Waals surface area (Å²) in [6.45, 7) is 3.04. The number of phenols is 1. The molecule has 3 aromatic heterocycles. The monoisotopic (exact) mass is 1250 g/mol. The summed E-state index contributed by atoms with van der Waals surface area (Å²) in [5, 5.41) is 83.6. The number of hydrogen-bond donors (Lipinski definition) is 8. The van der Waals surface area contributed by atoms with Crippen LogP contribution >= 0.6 is 35.4 Å². The van der Waals surface area contributed by atoms with Gasteiger partial charge in [-0.25, -0.2) is 20.5 Å². The standard InChI is InChI=1S/C42H34N10O18S6.CH4O3S/c1-3-7-23-25(19-43)40-44-26-8-4-5-9-30(26)52(40)41(54)36(23)49-48-29-17-24-21(14-34(29)75(60,61)62)13-33(73-70-68-56)38(39(24)53)50-47-28-12-20(2)27(18-31(28)66-10-6-11-74(57,58)59)46-51-42-45-37-32(71-42)15-22(72-69-67-55)16-35(37)76(63,64)65;1-5(2,3)4/h4-5,8-9,12-18,53-56H,3,6-7,10-11H2,1-2H3,(H,57,58,59)(H,60,61,62)(H,63,64,65);1H3,(H,2,3,4). The number of para-hydroxylation sites is 2. The van der Waals surface area contributed by atoms with E-state index < -0.39 is 79.0 Å². The van der Waals surface area contributed by atoms with E-state index >= 15 is 0 Å². The number of imidazole rings is 1. The first-order valence-corrected chi connectivity index (χ1v) is 30.8. The summed E-state index contributed by atoms with van der Waals surface area (Å²) in [6, 6.07) is 17.1. The van der Waals surface area contributed by atoms with E-state index in [1.807, 2.05) is 6.92 Å². The summed E-state index contributed by atoms with van der Waals surface area (Å²) in [5.74, 6) is -2.02. The fourth-order valence-electron chi connectivity index (χ4n) is 7.47. The maximum atomic E-state index is 12.9. The number of hydrogen-bond acceptors (Lipinski definition) is 29. The second-order valence-electron chi connectivity index (χ2n) is 16.4. The molecule has 0 atom stereocenters. The van der Waals surface area contributed by atoms with Crippen LogP contribution in [-0.4, -0.2) is 106 Å². The molecule has 8 aromatic rings. The zero-order chi connectivity index (χ0) is 59.2. The van der Waals surface area contributed by atoms with E-state index in [-0.39, 0.29) is 107 Å². The Kier molecular flexibility index (Phi) is 19.3. The van der Waals surface area contributed by atoms with Crippen molar-refractivity contribution in [3.8, 4) is 23.4 Å². The molecule has 0 aliphatic carbocycles. The van der Waals surface area contributed by atoms with Crippen molar-refractivity contribution in [3.63, 3.8) is 0 Å².